The Balaban J connectivity index is 1.96. The van der Waals surface area contributed by atoms with E-state index in [9.17, 15) is 4.79 Å². The number of para-hydroxylation sites is 1. The molecule has 0 radical (unpaired) electrons. The SMILES string of the molecule is COc1cc(NC(=O)NCC(C)N(C)c2ccccc2)c(OC)cc1Cl. The van der Waals surface area contributed by atoms with Gasteiger partial charge in [0.05, 0.1) is 24.9 Å². The fourth-order valence-electron chi connectivity index (χ4n) is 2.42. The lowest BCUT2D eigenvalue weighted by molar-refractivity contribution is 0.251. The molecule has 0 aliphatic carbocycles. The van der Waals surface area contributed by atoms with Crippen molar-refractivity contribution in [3.05, 3.63) is 47.5 Å². The number of ether oxygens (including phenoxy) is 2. The van der Waals surface area contributed by atoms with E-state index < -0.39 is 0 Å². The number of urea groups is 1. The summed E-state index contributed by atoms with van der Waals surface area (Å²) in [4.78, 5) is 14.4. The quantitative estimate of drug-likeness (QED) is 0.765. The van der Waals surface area contributed by atoms with Crippen LogP contribution < -0.4 is 25.0 Å². The summed E-state index contributed by atoms with van der Waals surface area (Å²) < 4.78 is 10.4. The highest BCUT2D eigenvalue weighted by Gasteiger charge is 2.14. The molecule has 0 spiro atoms. The molecule has 0 aliphatic heterocycles. The first kappa shape index (κ1) is 19.7. The lowest BCUT2D eigenvalue weighted by Gasteiger charge is -2.27. The Hall–Kier alpha value is -2.60. The smallest absolute Gasteiger partial charge is 0.319 e. The number of carbonyl (C=O) groups is 1. The molecule has 1 unspecified atom stereocenters. The van der Waals surface area contributed by atoms with Crippen molar-refractivity contribution in [2.45, 2.75) is 13.0 Å². The summed E-state index contributed by atoms with van der Waals surface area (Å²) >= 11 is 6.07. The first-order valence-electron chi connectivity index (χ1n) is 8.20. The van der Waals surface area contributed by atoms with E-state index in [-0.39, 0.29) is 12.1 Å². The molecule has 6 nitrogen and oxygen atoms in total. The maximum absolute atomic E-state index is 12.3. The van der Waals surface area contributed by atoms with Gasteiger partial charge in [-0.2, -0.15) is 0 Å². The summed E-state index contributed by atoms with van der Waals surface area (Å²) in [5.74, 6) is 0.917. The standard InChI is InChI=1S/C19H24ClN3O3/c1-13(23(2)14-8-6-5-7-9-14)12-21-19(24)22-16-11-17(25-3)15(20)10-18(16)26-4/h5-11,13H,12H2,1-4H3,(H2,21,22,24). The zero-order valence-electron chi connectivity index (χ0n) is 15.4. The first-order valence-corrected chi connectivity index (χ1v) is 8.58. The molecule has 2 amide bonds. The van der Waals surface area contributed by atoms with E-state index in [2.05, 4.69) is 15.5 Å². The van der Waals surface area contributed by atoms with Crippen LogP contribution >= 0.6 is 11.6 Å². The Labute approximate surface area is 159 Å². The molecule has 0 fully saturated rings. The van der Waals surface area contributed by atoms with E-state index in [1.807, 2.05) is 44.3 Å². The summed E-state index contributed by atoms with van der Waals surface area (Å²) in [5.41, 5.74) is 1.57. The lowest BCUT2D eigenvalue weighted by atomic mass is 10.2. The molecule has 0 saturated heterocycles. The van der Waals surface area contributed by atoms with Gasteiger partial charge in [-0.15, -0.1) is 0 Å². The van der Waals surface area contributed by atoms with Crippen molar-refractivity contribution >= 4 is 29.0 Å². The lowest BCUT2D eigenvalue weighted by Crippen LogP contribution is -2.41. The molecule has 0 aromatic heterocycles. The number of nitrogens with one attached hydrogen (secondary N) is 2. The Morgan fingerprint density at radius 2 is 1.81 bits per heavy atom. The highest BCUT2D eigenvalue weighted by atomic mass is 35.5. The molecule has 140 valence electrons. The fourth-order valence-corrected chi connectivity index (χ4v) is 2.65. The zero-order chi connectivity index (χ0) is 19.1. The van der Waals surface area contributed by atoms with Crippen LogP contribution in [-0.2, 0) is 0 Å². The Morgan fingerprint density at radius 1 is 1.15 bits per heavy atom. The van der Waals surface area contributed by atoms with Crippen molar-refractivity contribution in [1.29, 1.82) is 0 Å². The molecule has 26 heavy (non-hydrogen) atoms. The maximum Gasteiger partial charge on any atom is 0.319 e. The molecule has 2 aromatic carbocycles. The van der Waals surface area contributed by atoms with E-state index in [0.29, 0.717) is 28.8 Å². The van der Waals surface area contributed by atoms with Gasteiger partial charge in [-0.3, -0.25) is 0 Å². The molecule has 0 saturated carbocycles. The number of benzene rings is 2. The molecule has 0 aliphatic rings. The van der Waals surface area contributed by atoms with Crippen LogP contribution in [-0.4, -0.2) is 39.9 Å². The summed E-state index contributed by atoms with van der Waals surface area (Å²) in [6, 6.07) is 13.0. The van der Waals surface area contributed by atoms with Crippen LogP contribution in [0.3, 0.4) is 0 Å². The Bertz CT molecular complexity index is 740. The predicted molar refractivity (Wildman–Crippen MR) is 106 cm³/mol. The third-order valence-electron chi connectivity index (χ3n) is 4.10. The van der Waals surface area contributed by atoms with E-state index in [0.717, 1.165) is 5.69 Å². The number of likely N-dealkylation sites (N-methyl/N-ethyl adjacent to an activating group) is 1. The number of carbonyl (C=O) groups excluding carboxylic acids is 1. The van der Waals surface area contributed by atoms with Crippen LogP contribution in [0.5, 0.6) is 11.5 Å². The van der Waals surface area contributed by atoms with Gasteiger partial charge in [-0.25, -0.2) is 4.79 Å². The van der Waals surface area contributed by atoms with Gasteiger partial charge >= 0.3 is 6.03 Å². The van der Waals surface area contributed by atoms with Gasteiger partial charge in [0, 0.05) is 37.5 Å². The minimum absolute atomic E-state index is 0.116. The number of hydrogen-bond acceptors (Lipinski definition) is 4. The predicted octanol–water partition coefficient (Wildman–Crippen LogP) is 4.00. The van der Waals surface area contributed by atoms with Crippen LogP contribution in [0.2, 0.25) is 5.02 Å². The summed E-state index contributed by atoms with van der Waals surface area (Å²) in [6.07, 6.45) is 0. The van der Waals surface area contributed by atoms with Crippen molar-refractivity contribution in [1.82, 2.24) is 5.32 Å². The average molecular weight is 378 g/mol. The topological polar surface area (TPSA) is 62.8 Å². The highest BCUT2D eigenvalue weighted by molar-refractivity contribution is 6.32. The van der Waals surface area contributed by atoms with Crippen molar-refractivity contribution in [3.63, 3.8) is 0 Å². The molecule has 0 heterocycles. The molecule has 2 aromatic rings. The summed E-state index contributed by atoms with van der Waals surface area (Å²) in [5, 5.41) is 6.04. The van der Waals surface area contributed by atoms with Gasteiger partial charge in [-0.1, -0.05) is 29.8 Å². The van der Waals surface area contributed by atoms with Crippen molar-refractivity contribution in [3.8, 4) is 11.5 Å². The number of methoxy groups -OCH3 is 2. The zero-order valence-corrected chi connectivity index (χ0v) is 16.1. The van der Waals surface area contributed by atoms with Crippen LogP contribution in [0.1, 0.15) is 6.92 Å². The second-order valence-corrected chi connectivity index (χ2v) is 6.22. The number of hydrogen-bond donors (Lipinski definition) is 2. The van der Waals surface area contributed by atoms with E-state index in [4.69, 9.17) is 21.1 Å². The minimum atomic E-state index is -0.332. The van der Waals surface area contributed by atoms with Gasteiger partial charge in [0.2, 0.25) is 0 Å². The Morgan fingerprint density at radius 3 is 2.42 bits per heavy atom. The van der Waals surface area contributed by atoms with Crippen molar-refractivity contribution < 1.29 is 14.3 Å². The summed E-state index contributed by atoms with van der Waals surface area (Å²) in [7, 11) is 5.02. The molecule has 2 N–H and O–H groups in total. The van der Waals surface area contributed by atoms with E-state index in [1.54, 1.807) is 12.1 Å². The number of rotatable bonds is 7. The van der Waals surface area contributed by atoms with Crippen LogP contribution in [0.15, 0.2) is 42.5 Å². The van der Waals surface area contributed by atoms with E-state index in [1.165, 1.54) is 14.2 Å². The number of nitrogens with zero attached hydrogens (tertiary/aromatic N) is 1. The third-order valence-corrected chi connectivity index (χ3v) is 4.40. The third kappa shape index (κ3) is 4.95. The van der Waals surface area contributed by atoms with Gasteiger partial charge in [0.15, 0.2) is 0 Å². The average Bonchev–Trinajstić information content (AvgIpc) is 2.67. The molecule has 1 atom stereocenters. The van der Waals surface area contributed by atoms with Crippen LogP contribution in [0.25, 0.3) is 0 Å². The first-order chi connectivity index (χ1) is 12.5. The number of halogens is 1. The number of anilines is 2. The molecular weight excluding hydrogens is 354 g/mol. The van der Waals surface area contributed by atoms with Crippen molar-refractivity contribution in [2.24, 2.45) is 0 Å². The molecule has 0 bridgehead atoms. The van der Waals surface area contributed by atoms with Crippen LogP contribution in [0.4, 0.5) is 16.2 Å². The van der Waals surface area contributed by atoms with Gasteiger partial charge in [0.1, 0.15) is 11.5 Å². The minimum Gasteiger partial charge on any atom is -0.495 e. The largest absolute Gasteiger partial charge is 0.495 e. The van der Waals surface area contributed by atoms with Crippen LogP contribution in [0, 0.1) is 0 Å². The highest BCUT2D eigenvalue weighted by Crippen LogP contribution is 2.35. The van der Waals surface area contributed by atoms with Crippen molar-refractivity contribution in [2.75, 3.05) is 38.0 Å². The Kier molecular flexibility index (Phi) is 6.97. The second-order valence-electron chi connectivity index (χ2n) is 5.82. The molecular formula is C19H24ClN3O3. The normalized spacial score (nSPS) is 11.4. The summed E-state index contributed by atoms with van der Waals surface area (Å²) in [6.45, 7) is 2.52. The molecule has 2 rings (SSSR count). The monoisotopic (exact) mass is 377 g/mol. The van der Waals surface area contributed by atoms with Gasteiger partial charge in [0.25, 0.3) is 0 Å². The fraction of sp³-hybridized carbons (Fsp3) is 0.316. The maximum atomic E-state index is 12.3. The van der Waals surface area contributed by atoms with Gasteiger partial charge in [-0.05, 0) is 19.1 Å². The number of amides is 2. The van der Waals surface area contributed by atoms with Gasteiger partial charge < -0.3 is 25.0 Å². The van der Waals surface area contributed by atoms with E-state index >= 15 is 0 Å². The molecule has 7 heteroatoms. The second kappa shape index (κ2) is 9.20.